The second-order valence-electron chi connectivity index (χ2n) is 5.65. The maximum Gasteiger partial charge on any atom is 0.265 e. The Morgan fingerprint density at radius 3 is 2.12 bits per heavy atom. The Labute approximate surface area is 152 Å². The first-order valence-electron chi connectivity index (χ1n) is 8.00. The van der Waals surface area contributed by atoms with Crippen LogP contribution in [0.5, 0.6) is 5.75 Å². The molecule has 0 aliphatic rings. The highest BCUT2D eigenvalue weighted by Crippen LogP contribution is 2.21. The van der Waals surface area contributed by atoms with Crippen LogP contribution in [0, 0.1) is 0 Å². The van der Waals surface area contributed by atoms with Crippen LogP contribution >= 0.6 is 11.6 Å². The Balaban J connectivity index is 1.61. The third-order valence-electron chi connectivity index (χ3n) is 3.76. The number of amides is 1. The molecule has 3 nitrogen and oxygen atoms in total. The summed E-state index contributed by atoms with van der Waals surface area (Å²) in [6.07, 6.45) is -0.616. The number of carbonyl (C=O) groups excluding carboxylic acids is 1. The Morgan fingerprint density at radius 1 is 0.880 bits per heavy atom. The summed E-state index contributed by atoms with van der Waals surface area (Å²) >= 11 is 5.84. The lowest BCUT2D eigenvalue weighted by Gasteiger charge is -2.15. The predicted octanol–water partition coefficient (Wildman–Crippen LogP) is 5.41. The molecule has 0 unspecified atom stereocenters. The second-order valence-corrected chi connectivity index (χ2v) is 6.08. The number of halogens is 1. The molecule has 0 aliphatic heterocycles. The van der Waals surface area contributed by atoms with Gasteiger partial charge in [-0.05, 0) is 54.4 Å². The molecule has 0 fully saturated rings. The summed E-state index contributed by atoms with van der Waals surface area (Å²) in [5.41, 5.74) is 2.97. The van der Waals surface area contributed by atoms with Crippen LogP contribution < -0.4 is 10.1 Å². The number of hydrogen-bond acceptors (Lipinski definition) is 2. The first-order valence-corrected chi connectivity index (χ1v) is 8.38. The van der Waals surface area contributed by atoms with Crippen molar-refractivity contribution in [1.29, 1.82) is 0 Å². The summed E-state index contributed by atoms with van der Waals surface area (Å²) < 4.78 is 5.63. The minimum absolute atomic E-state index is 0.206. The van der Waals surface area contributed by atoms with Gasteiger partial charge in [0.1, 0.15) is 5.75 Å². The highest BCUT2D eigenvalue weighted by Gasteiger charge is 2.14. The highest BCUT2D eigenvalue weighted by atomic mass is 35.5. The molecule has 1 N–H and O–H groups in total. The van der Waals surface area contributed by atoms with E-state index >= 15 is 0 Å². The van der Waals surface area contributed by atoms with Gasteiger partial charge >= 0.3 is 0 Å². The highest BCUT2D eigenvalue weighted by molar-refractivity contribution is 6.30. The zero-order valence-electron chi connectivity index (χ0n) is 13.8. The summed E-state index contributed by atoms with van der Waals surface area (Å²) in [6, 6.07) is 24.7. The van der Waals surface area contributed by atoms with Crippen molar-refractivity contribution in [3.63, 3.8) is 0 Å². The Hall–Kier alpha value is -2.78. The largest absolute Gasteiger partial charge is 0.481 e. The van der Waals surface area contributed by atoms with E-state index in [0.717, 1.165) is 16.8 Å². The number of benzene rings is 3. The summed E-state index contributed by atoms with van der Waals surface area (Å²) in [5.74, 6) is 0.397. The van der Waals surface area contributed by atoms with Gasteiger partial charge in [0.2, 0.25) is 0 Å². The Bertz CT molecular complexity index is 830. The van der Waals surface area contributed by atoms with Crippen LogP contribution in [0.4, 0.5) is 5.69 Å². The molecule has 126 valence electrons. The standard InChI is InChI=1S/C21H18ClNO2/c1-15(25-20-13-9-18(22)10-14-20)21(24)23-19-11-7-17(8-12-19)16-5-3-2-4-6-16/h2-15H,1H3,(H,23,24)/t15-/m0/s1. The first kappa shape index (κ1) is 17.1. The fourth-order valence-electron chi connectivity index (χ4n) is 2.39. The average molecular weight is 352 g/mol. The molecule has 3 aromatic rings. The average Bonchev–Trinajstić information content (AvgIpc) is 2.65. The van der Waals surface area contributed by atoms with Crippen LogP contribution in [0.25, 0.3) is 11.1 Å². The van der Waals surface area contributed by atoms with Gasteiger partial charge in [0, 0.05) is 10.7 Å². The molecule has 0 saturated heterocycles. The summed E-state index contributed by atoms with van der Waals surface area (Å²) in [4.78, 5) is 12.3. The van der Waals surface area contributed by atoms with Gasteiger partial charge in [-0.1, -0.05) is 54.1 Å². The maximum atomic E-state index is 12.3. The summed E-state index contributed by atoms with van der Waals surface area (Å²) in [5, 5.41) is 3.49. The molecule has 3 rings (SSSR count). The van der Waals surface area contributed by atoms with Crippen LogP contribution in [0.15, 0.2) is 78.9 Å². The number of hydrogen-bond donors (Lipinski definition) is 1. The zero-order chi connectivity index (χ0) is 17.6. The fraction of sp³-hybridized carbons (Fsp3) is 0.0952. The number of anilines is 1. The topological polar surface area (TPSA) is 38.3 Å². The van der Waals surface area contributed by atoms with Gasteiger partial charge in [-0.3, -0.25) is 4.79 Å². The predicted molar refractivity (Wildman–Crippen MR) is 102 cm³/mol. The molecule has 0 bridgehead atoms. The molecule has 0 aromatic heterocycles. The van der Waals surface area contributed by atoms with E-state index in [2.05, 4.69) is 17.4 Å². The lowest BCUT2D eigenvalue weighted by Crippen LogP contribution is -2.30. The minimum atomic E-state index is -0.616. The molecular formula is C21H18ClNO2. The van der Waals surface area contributed by atoms with E-state index in [-0.39, 0.29) is 5.91 Å². The minimum Gasteiger partial charge on any atom is -0.481 e. The quantitative estimate of drug-likeness (QED) is 0.667. The van der Waals surface area contributed by atoms with Crippen molar-refractivity contribution in [1.82, 2.24) is 0 Å². The molecule has 1 amide bonds. The van der Waals surface area contributed by atoms with Crippen molar-refractivity contribution in [3.05, 3.63) is 83.9 Å². The van der Waals surface area contributed by atoms with Crippen molar-refractivity contribution < 1.29 is 9.53 Å². The van der Waals surface area contributed by atoms with Crippen LogP contribution in [-0.4, -0.2) is 12.0 Å². The number of nitrogens with one attached hydrogen (secondary N) is 1. The Morgan fingerprint density at radius 2 is 1.48 bits per heavy atom. The second kappa shape index (κ2) is 7.86. The molecule has 0 heterocycles. The third kappa shape index (κ3) is 4.61. The molecule has 4 heteroatoms. The molecule has 25 heavy (non-hydrogen) atoms. The first-order chi connectivity index (χ1) is 12.1. The molecule has 0 spiro atoms. The van der Waals surface area contributed by atoms with Gasteiger partial charge in [-0.25, -0.2) is 0 Å². The Kier molecular flexibility index (Phi) is 5.36. The van der Waals surface area contributed by atoms with Crippen LogP contribution in [0.1, 0.15) is 6.92 Å². The number of ether oxygens (including phenoxy) is 1. The maximum absolute atomic E-state index is 12.3. The fourth-order valence-corrected chi connectivity index (χ4v) is 2.52. The van der Waals surface area contributed by atoms with Crippen LogP contribution in [-0.2, 0) is 4.79 Å². The SMILES string of the molecule is C[C@H](Oc1ccc(Cl)cc1)C(=O)Nc1ccc(-c2ccccc2)cc1. The molecule has 0 saturated carbocycles. The molecule has 0 radical (unpaired) electrons. The molecule has 3 aromatic carbocycles. The van der Waals surface area contributed by atoms with Crippen molar-refractivity contribution in [2.24, 2.45) is 0 Å². The third-order valence-corrected chi connectivity index (χ3v) is 4.01. The van der Waals surface area contributed by atoms with Gasteiger partial charge in [-0.15, -0.1) is 0 Å². The van der Waals surface area contributed by atoms with E-state index < -0.39 is 6.10 Å². The molecule has 1 atom stereocenters. The van der Waals surface area contributed by atoms with Gasteiger partial charge in [0.15, 0.2) is 6.10 Å². The van der Waals surface area contributed by atoms with Crippen LogP contribution in [0.2, 0.25) is 5.02 Å². The number of rotatable bonds is 5. The summed E-state index contributed by atoms with van der Waals surface area (Å²) in [7, 11) is 0. The van der Waals surface area contributed by atoms with Crippen molar-refractivity contribution in [3.8, 4) is 16.9 Å². The summed E-state index contributed by atoms with van der Waals surface area (Å²) in [6.45, 7) is 1.71. The van der Waals surface area contributed by atoms with E-state index in [1.807, 2.05) is 42.5 Å². The van der Waals surface area contributed by atoms with E-state index in [4.69, 9.17) is 16.3 Å². The van der Waals surface area contributed by atoms with Crippen molar-refractivity contribution in [2.75, 3.05) is 5.32 Å². The smallest absolute Gasteiger partial charge is 0.265 e. The van der Waals surface area contributed by atoms with E-state index in [1.165, 1.54) is 0 Å². The van der Waals surface area contributed by atoms with Gasteiger partial charge in [0.25, 0.3) is 5.91 Å². The normalized spacial score (nSPS) is 11.6. The van der Waals surface area contributed by atoms with Gasteiger partial charge in [0.05, 0.1) is 0 Å². The zero-order valence-corrected chi connectivity index (χ0v) is 14.5. The van der Waals surface area contributed by atoms with Gasteiger partial charge < -0.3 is 10.1 Å². The lowest BCUT2D eigenvalue weighted by atomic mass is 10.1. The van der Waals surface area contributed by atoms with E-state index in [0.29, 0.717) is 10.8 Å². The monoisotopic (exact) mass is 351 g/mol. The van der Waals surface area contributed by atoms with E-state index in [1.54, 1.807) is 31.2 Å². The lowest BCUT2D eigenvalue weighted by molar-refractivity contribution is -0.122. The van der Waals surface area contributed by atoms with Crippen molar-refractivity contribution >= 4 is 23.2 Å². The molecule has 0 aliphatic carbocycles. The number of carbonyl (C=O) groups is 1. The van der Waals surface area contributed by atoms with E-state index in [9.17, 15) is 4.79 Å². The van der Waals surface area contributed by atoms with Crippen LogP contribution in [0.3, 0.4) is 0 Å². The van der Waals surface area contributed by atoms with Gasteiger partial charge in [-0.2, -0.15) is 0 Å². The van der Waals surface area contributed by atoms with Crippen molar-refractivity contribution in [2.45, 2.75) is 13.0 Å². The molecular weight excluding hydrogens is 334 g/mol.